The molecule has 5 nitrogen and oxygen atoms in total. The second-order valence-corrected chi connectivity index (χ2v) is 5.14. The predicted octanol–water partition coefficient (Wildman–Crippen LogP) is 3.06. The van der Waals surface area contributed by atoms with Gasteiger partial charge in [0.15, 0.2) is 0 Å². The van der Waals surface area contributed by atoms with Crippen molar-refractivity contribution in [2.24, 2.45) is 0 Å². The van der Waals surface area contributed by atoms with E-state index in [4.69, 9.17) is 4.74 Å². The number of ether oxygens (including phenoxy) is 1. The molecular weight excluding hydrogens is 264 g/mol. The van der Waals surface area contributed by atoms with Crippen LogP contribution in [0.3, 0.4) is 0 Å². The molecule has 0 fully saturated rings. The third-order valence-corrected chi connectivity index (χ3v) is 3.66. The van der Waals surface area contributed by atoms with E-state index >= 15 is 0 Å². The molecule has 1 N–H and O–H groups in total. The standard InChI is InChI=1S/C16H20N4O/c1-11-15(17-3)18-12(2)19-16(11)20-9-6-10-21-14-8-5-4-7-13(14)20/h4-5,7-8H,6,9-10H2,1-3H3,(H,17,18,19). The monoisotopic (exact) mass is 284 g/mol. The Kier molecular flexibility index (Phi) is 3.64. The second kappa shape index (κ2) is 5.60. The Morgan fingerprint density at radius 1 is 1.19 bits per heavy atom. The van der Waals surface area contributed by atoms with Gasteiger partial charge in [0.2, 0.25) is 0 Å². The quantitative estimate of drug-likeness (QED) is 0.918. The molecular formula is C16H20N4O. The van der Waals surface area contributed by atoms with Crippen molar-refractivity contribution in [3.05, 3.63) is 35.7 Å². The molecule has 1 aliphatic heterocycles. The number of benzene rings is 1. The van der Waals surface area contributed by atoms with E-state index in [1.165, 1.54) is 0 Å². The van der Waals surface area contributed by atoms with Gasteiger partial charge in [0.1, 0.15) is 23.2 Å². The fraction of sp³-hybridized carbons (Fsp3) is 0.375. The van der Waals surface area contributed by atoms with Crippen LogP contribution in [0.2, 0.25) is 0 Å². The minimum Gasteiger partial charge on any atom is -0.491 e. The van der Waals surface area contributed by atoms with E-state index in [1.54, 1.807) is 0 Å². The maximum Gasteiger partial charge on any atom is 0.142 e. The molecule has 1 aliphatic rings. The molecule has 2 aromatic rings. The maximum absolute atomic E-state index is 5.83. The highest BCUT2D eigenvalue weighted by Crippen LogP contribution is 2.37. The zero-order chi connectivity index (χ0) is 14.8. The smallest absolute Gasteiger partial charge is 0.142 e. The van der Waals surface area contributed by atoms with Gasteiger partial charge in [-0.3, -0.25) is 0 Å². The molecule has 21 heavy (non-hydrogen) atoms. The van der Waals surface area contributed by atoms with Crippen LogP contribution in [0.1, 0.15) is 17.8 Å². The summed E-state index contributed by atoms with van der Waals surface area (Å²) in [5.41, 5.74) is 2.12. The Morgan fingerprint density at radius 3 is 2.81 bits per heavy atom. The van der Waals surface area contributed by atoms with E-state index in [0.29, 0.717) is 0 Å². The Bertz CT molecular complexity index is 657. The van der Waals surface area contributed by atoms with Gasteiger partial charge in [0, 0.05) is 19.2 Å². The molecule has 110 valence electrons. The van der Waals surface area contributed by atoms with Gasteiger partial charge in [-0.25, -0.2) is 9.97 Å². The lowest BCUT2D eigenvalue weighted by Crippen LogP contribution is -2.21. The van der Waals surface area contributed by atoms with E-state index in [1.807, 2.05) is 32.2 Å². The summed E-state index contributed by atoms with van der Waals surface area (Å²) in [6.07, 6.45) is 0.964. The van der Waals surface area contributed by atoms with E-state index in [-0.39, 0.29) is 0 Å². The number of anilines is 3. The molecule has 0 spiro atoms. The number of fused-ring (bicyclic) bond motifs is 1. The topological polar surface area (TPSA) is 50.3 Å². The number of hydrogen-bond donors (Lipinski definition) is 1. The van der Waals surface area contributed by atoms with E-state index < -0.39 is 0 Å². The van der Waals surface area contributed by atoms with Crippen LogP contribution in [0.15, 0.2) is 24.3 Å². The van der Waals surface area contributed by atoms with Crippen LogP contribution in [-0.4, -0.2) is 30.2 Å². The highest BCUT2D eigenvalue weighted by atomic mass is 16.5. The molecule has 0 amide bonds. The lowest BCUT2D eigenvalue weighted by molar-refractivity contribution is 0.322. The second-order valence-electron chi connectivity index (χ2n) is 5.14. The molecule has 0 saturated carbocycles. The molecule has 1 aromatic heterocycles. The largest absolute Gasteiger partial charge is 0.491 e. The first-order valence-corrected chi connectivity index (χ1v) is 7.23. The van der Waals surface area contributed by atoms with Crippen molar-refractivity contribution >= 4 is 17.3 Å². The third kappa shape index (κ3) is 2.51. The fourth-order valence-corrected chi connectivity index (χ4v) is 2.67. The van der Waals surface area contributed by atoms with Crippen LogP contribution in [-0.2, 0) is 0 Å². The molecule has 2 heterocycles. The minimum atomic E-state index is 0.732. The molecule has 0 aliphatic carbocycles. The third-order valence-electron chi connectivity index (χ3n) is 3.66. The van der Waals surface area contributed by atoms with Gasteiger partial charge < -0.3 is 15.0 Å². The van der Waals surface area contributed by atoms with Gasteiger partial charge in [-0.2, -0.15) is 0 Å². The van der Waals surface area contributed by atoms with E-state index in [2.05, 4.69) is 33.2 Å². The molecule has 3 rings (SSSR count). The van der Waals surface area contributed by atoms with Crippen LogP contribution in [0.25, 0.3) is 0 Å². The van der Waals surface area contributed by atoms with Gasteiger partial charge in [0.05, 0.1) is 12.3 Å². The molecule has 0 bridgehead atoms. The van der Waals surface area contributed by atoms with Crippen molar-refractivity contribution in [2.75, 3.05) is 30.4 Å². The summed E-state index contributed by atoms with van der Waals surface area (Å²) in [5, 5.41) is 3.15. The summed E-state index contributed by atoms with van der Waals surface area (Å²) < 4.78 is 5.83. The van der Waals surface area contributed by atoms with Gasteiger partial charge in [-0.15, -0.1) is 0 Å². The van der Waals surface area contributed by atoms with Crippen LogP contribution in [0, 0.1) is 13.8 Å². The van der Waals surface area contributed by atoms with Crippen molar-refractivity contribution in [1.29, 1.82) is 0 Å². The number of hydrogen-bond acceptors (Lipinski definition) is 5. The average Bonchev–Trinajstić information content (AvgIpc) is 2.71. The Morgan fingerprint density at radius 2 is 2.00 bits per heavy atom. The maximum atomic E-state index is 5.83. The van der Waals surface area contributed by atoms with Gasteiger partial charge >= 0.3 is 0 Å². The number of rotatable bonds is 2. The first kappa shape index (κ1) is 13.7. The summed E-state index contributed by atoms with van der Waals surface area (Å²) >= 11 is 0. The summed E-state index contributed by atoms with van der Waals surface area (Å²) in [7, 11) is 1.89. The van der Waals surface area contributed by atoms with E-state index in [0.717, 1.165) is 54.0 Å². The van der Waals surface area contributed by atoms with Gasteiger partial charge in [0.25, 0.3) is 0 Å². The zero-order valence-corrected chi connectivity index (χ0v) is 12.7. The van der Waals surface area contributed by atoms with Crippen molar-refractivity contribution < 1.29 is 4.74 Å². The number of nitrogens with zero attached hydrogens (tertiary/aromatic N) is 3. The first-order valence-electron chi connectivity index (χ1n) is 7.23. The summed E-state index contributed by atoms with van der Waals surface area (Å²) in [6, 6.07) is 8.12. The van der Waals surface area contributed by atoms with Crippen LogP contribution < -0.4 is 15.0 Å². The first-order chi connectivity index (χ1) is 10.2. The summed E-state index contributed by atoms with van der Waals surface area (Å²) in [5.74, 6) is 3.50. The van der Waals surface area contributed by atoms with Gasteiger partial charge in [-0.1, -0.05) is 12.1 Å². The highest BCUT2D eigenvalue weighted by Gasteiger charge is 2.21. The minimum absolute atomic E-state index is 0.732. The number of aryl methyl sites for hydroxylation is 1. The predicted molar refractivity (Wildman–Crippen MR) is 84.6 cm³/mol. The van der Waals surface area contributed by atoms with E-state index in [9.17, 15) is 0 Å². The SMILES string of the molecule is CNc1nc(C)nc(N2CCCOc3ccccc32)c1C. The highest BCUT2D eigenvalue weighted by molar-refractivity contribution is 5.71. The molecule has 5 heteroatoms. The molecule has 1 aromatic carbocycles. The van der Waals surface area contributed by atoms with Crippen LogP contribution in [0.4, 0.5) is 17.3 Å². The number of aromatic nitrogens is 2. The lowest BCUT2D eigenvalue weighted by Gasteiger charge is -2.25. The zero-order valence-electron chi connectivity index (χ0n) is 12.7. The molecule has 0 radical (unpaired) electrons. The number of nitrogens with one attached hydrogen (secondary N) is 1. The van der Waals surface area contributed by atoms with Crippen molar-refractivity contribution in [3.8, 4) is 5.75 Å². The van der Waals surface area contributed by atoms with Gasteiger partial charge in [-0.05, 0) is 32.4 Å². The van der Waals surface area contributed by atoms with Crippen LogP contribution >= 0.6 is 0 Å². The molecule has 0 saturated heterocycles. The molecule has 0 unspecified atom stereocenters. The van der Waals surface area contributed by atoms with Crippen molar-refractivity contribution in [2.45, 2.75) is 20.3 Å². The summed E-state index contributed by atoms with van der Waals surface area (Å²) in [4.78, 5) is 11.3. The number of para-hydroxylation sites is 2. The average molecular weight is 284 g/mol. The lowest BCUT2D eigenvalue weighted by atomic mass is 10.2. The van der Waals surface area contributed by atoms with Crippen LogP contribution in [0.5, 0.6) is 5.75 Å². The Labute approximate surface area is 125 Å². The van der Waals surface area contributed by atoms with Crippen molar-refractivity contribution in [3.63, 3.8) is 0 Å². The normalized spacial score (nSPS) is 14.1. The molecule has 0 atom stereocenters. The summed E-state index contributed by atoms with van der Waals surface area (Å²) in [6.45, 7) is 5.59. The Hall–Kier alpha value is -2.30. The van der Waals surface area contributed by atoms with Crippen molar-refractivity contribution in [1.82, 2.24) is 9.97 Å². The Balaban J connectivity index is 2.14. The fourth-order valence-electron chi connectivity index (χ4n) is 2.67.